The topological polar surface area (TPSA) is 37.4 Å². The van der Waals surface area contributed by atoms with Crippen LogP contribution in [0.25, 0.3) is 0 Å². The van der Waals surface area contributed by atoms with Crippen LogP contribution in [0.5, 0.6) is 0 Å². The molecule has 0 radical (unpaired) electrons. The molecular formula is C13H17NO2. The number of carbonyl (C=O) groups is 2. The van der Waals surface area contributed by atoms with Crippen molar-refractivity contribution >= 4 is 12.2 Å². The van der Waals surface area contributed by atoms with Gasteiger partial charge in [0.1, 0.15) is 0 Å². The van der Waals surface area contributed by atoms with E-state index in [-0.39, 0.29) is 0 Å². The van der Waals surface area contributed by atoms with Crippen LogP contribution in [0, 0.1) is 20.8 Å². The summed E-state index contributed by atoms with van der Waals surface area (Å²) >= 11 is 0. The normalized spacial score (nSPS) is 10.0. The zero-order chi connectivity index (χ0) is 12.3. The van der Waals surface area contributed by atoms with E-state index in [1.165, 1.54) is 16.0 Å². The summed E-state index contributed by atoms with van der Waals surface area (Å²) in [4.78, 5) is 22.9. The summed E-state index contributed by atoms with van der Waals surface area (Å²) in [5.74, 6) is -0.488. The molecule has 0 bridgehead atoms. The van der Waals surface area contributed by atoms with Gasteiger partial charge < -0.3 is 4.90 Å². The molecule has 0 spiro atoms. The average molecular weight is 219 g/mol. The van der Waals surface area contributed by atoms with Crippen LogP contribution in [-0.4, -0.2) is 24.1 Å². The largest absolute Gasteiger partial charge is 0.335 e. The van der Waals surface area contributed by atoms with Gasteiger partial charge in [-0.2, -0.15) is 0 Å². The molecule has 0 fully saturated rings. The molecule has 1 rings (SSSR count). The Balaban J connectivity index is 2.93. The predicted octanol–water partition coefficient (Wildman–Crippen LogP) is 1.77. The van der Waals surface area contributed by atoms with E-state index in [1.807, 2.05) is 13.8 Å². The van der Waals surface area contributed by atoms with E-state index in [2.05, 4.69) is 19.1 Å². The Morgan fingerprint density at radius 2 is 1.75 bits per heavy atom. The van der Waals surface area contributed by atoms with Gasteiger partial charge in [0.25, 0.3) is 5.91 Å². The quantitative estimate of drug-likeness (QED) is 0.574. The molecule has 0 aliphatic rings. The zero-order valence-electron chi connectivity index (χ0n) is 10.2. The maximum Gasteiger partial charge on any atom is 0.286 e. The van der Waals surface area contributed by atoms with Crippen LogP contribution in [0.15, 0.2) is 12.1 Å². The van der Waals surface area contributed by atoms with E-state index in [1.54, 1.807) is 7.05 Å². The molecule has 1 aromatic carbocycles. The molecule has 3 heteroatoms. The highest BCUT2D eigenvalue weighted by Gasteiger charge is 2.09. The van der Waals surface area contributed by atoms with Gasteiger partial charge in [0, 0.05) is 13.6 Å². The lowest BCUT2D eigenvalue weighted by Crippen LogP contribution is -2.27. The van der Waals surface area contributed by atoms with Crippen molar-refractivity contribution in [1.29, 1.82) is 0 Å². The molecule has 0 aliphatic heterocycles. The van der Waals surface area contributed by atoms with Crippen LogP contribution in [0.4, 0.5) is 0 Å². The van der Waals surface area contributed by atoms with Crippen LogP contribution in [0.2, 0.25) is 0 Å². The van der Waals surface area contributed by atoms with Gasteiger partial charge in [-0.15, -0.1) is 0 Å². The van der Waals surface area contributed by atoms with Gasteiger partial charge in [-0.25, -0.2) is 0 Å². The summed E-state index contributed by atoms with van der Waals surface area (Å²) in [6.45, 7) is 6.59. The molecule has 86 valence electrons. The lowest BCUT2D eigenvalue weighted by molar-refractivity contribution is -0.138. The Morgan fingerprint density at radius 3 is 2.31 bits per heavy atom. The van der Waals surface area contributed by atoms with Crippen molar-refractivity contribution in [2.24, 2.45) is 0 Å². The highest BCUT2D eigenvalue weighted by Crippen LogP contribution is 2.16. The van der Waals surface area contributed by atoms with Gasteiger partial charge in [0.2, 0.25) is 6.29 Å². The summed E-state index contributed by atoms with van der Waals surface area (Å²) in [6, 6.07) is 4.17. The van der Waals surface area contributed by atoms with Crippen molar-refractivity contribution in [3.05, 3.63) is 34.4 Å². The lowest BCUT2D eigenvalue weighted by atomic mass is 10.0. The molecule has 0 aliphatic carbocycles. The number of benzene rings is 1. The molecule has 0 N–H and O–H groups in total. The highest BCUT2D eigenvalue weighted by atomic mass is 16.2. The second-order valence-corrected chi connectivity index (χ2v) is 4.18. The standard InChI is InChI=1S/C13H17NO2/c1-9-5-11(3)12(6-10(9)2)7-14(4)13(16)8-15/h5-6,8H,7H2,1-4H3. The zero-order valence-corrected chi connectivity index (χ0v) is 10.2. The Labute approximate surface area is 96.1 Å². The maximum absolute atomic E-state index is 11.1. The first-order chi connectivity index (χ1) is 7.45. The number of hydrogen-bond donors (Lipinski definition) is 0. The minimum atomic E-state index is -0.488. The van der Waals surface area contributed by atoms with Crippen LogP contribution < -0.4 is 0 Å². The van der Waals surface area contributed by atoms with Gasteiger partial charge in [-0.1, -0.05) is 12.1 Å². The second-order valence-electron chi connectivity index (χ2n) is 4.18. The van der Waals surface area contributed by atoms with E-state index in [9.17, 15) is 9.59 Å². The Kier molecular flexibility index (Phi) is 3.82. The van der Waals surface area contributed by atoms with Crippen LogP contribution >= 0.6 is 0 Å². The monoisotopic (exact) mass is 219 g/mol. The van der Waals surface area contributed by atoms with Gasteiger partial charge >= 0.3 is 0 Å². The van der Waals surface area contributed by atoms with Crippen molar-refractivity contribution in [1.82, 2.24) is 4.90 Å². The minimum Gasteiger partial charge on any atom is -0.335 e. The fourth-order valence-electron chi connectivity index (χ4n) is 1.61. The van der Waals surface area contributed by atoms with Gasteiger partial charge in [-0.05, 0) is 43.0 Å². The van der Waals surface area contributed by atoms with Gasteiger partial charge in [-0.3, -0.25) is 9.59 Å². The first-order valence-electron chi connectivity index (χ1n) is 5.22. The summed E-state index contributed by atoms with van der Waals surface area (Å²) in [7, 11) is 1.63. The minimum absolute atomic E-state index is 0.344. The van der Waals surface area contributed by atoms with E-state index < -0.39 is 5.91 Å². The Bertz CT molecular complexity index is 424. The van der Waals surface area contributed by atoms with Gasteiger partial charge in [0.05, 0.1) is 0 Å². The number of aryl methyl sites for hydroxylation is 3. The molecule has 1 amide bonds. The summed E-state index contributed by atoms with van der Waals surface area (Å²) < 4.78 is 0. The first-order valence-corrected chi connectivity index (χ1v) is 5.22. The number of amides is 1. The Hall–Kier alpha value is -1.64. The van der Waals surface area contributed by atoms with E-state index in [0.717, 1.165) is 11.1 Å². The molecule has 0 unspecified atom stereocenters. The number of rotatable bonds is 3. The van der Waals surface area contributed by atoms with E-state index >= 15 is 0 Å². The van der Waals surface area contributed by atoms with Crippen LogP contribution in [0.3, 0.4) is 0 Å². The third-order valence-electron chi connectivity index (χ3n) is 2.84. The van der Waals surface area contributed by atoms with Gasteiger partial charge in [0.15, 0.2) is 0 Å². The molecule has 0 aromatic heterocycles. The molecule has 0 atom stereocenters. The molecule has 0 heterocycles. The average Bonchev–Trinajstić information content (AvgIpc) is 2.24. The van der Waals surface area contributed by atoms with Crippen molar-refractivity contribution in [2.45, 2.75) is 27.3 Å². The molecule has 1 aromatic rings. The van der Waals surface area contributed by atoms with Crippen LogP contribution in [0.1, 0.15) is 22.3 Å². The molecular weight excluding hydrogens is 202 g/mol. The molecule has 16 heavy (non-hydrogen) atoms. The summed E-state index contributed by atoms with van der Waals surface area (Å²) in [5, 5.41) is 0. The summed E-state index contributed by atoms with van der Waals surface area (Å²) in [5.41, 5.74) is 4.67. The third kappa shape index (κ3) is 2.69. The van der Waals surface area contributed by atoms with E-state index in [0.29, 0.717) is 12.8 Å². The lowest BCUT2D eigenvalue weighted by Gasteiger charge is -2.17. The number of hydrogen-bond acceptors (Lipinski definition) is 2. The maximum atomic E-state index is 11.1. The first kappa shape index (κ1) is 12.4. The smallest absolute Gasteiger partial charge is 0.286 e. The molecule has 0 saturated heterocycles. The van der Waals surface area contributed by atoms with Crippen molar-refractivity contribution in [3.8, 4) is 0 Å². The second kappa shape index (κ2) is 4.92. The van der Waals surface area contributed by atoms with E-state index in [4.69, 9.17) is 0 Å². The summed E-state index contributed by atoms with van der Waals surface area (Å²) in [6.07, 6.45) is 0.344. The van der Waals surface area contributed by atoms with Crippen LogP contribution in [-0.2, 0) is 16.1 Å². The van der Waals surface area contributed by atoms with Crippen molar-refractivity contribution < 1.29 is 9.59 Å². The molecule has 0 saturated carbocycles. The Morgan fingerprint density at radius 1 is 1.19 bits per heavy atom. The van der Waals surface area contributed by atoms with Crippen molar-refractivity contribution in [3.63, 3.8) is 0 Å². The molecule has 3 nitrogen and oxygen atoms in total. The number of aldehydes is 1. The number of likely N-dealkylation sites (N-methyl/N-ethyl adjacent to an activating group) is 1. The number of carbonyl (C=O) groups excluding carboxylic acids is 2. The SMILES string of the molecule is Cc1cc(C)c(CN(C)C(=O)C=O)cc1C. The predicted molar refractivity (Wildman–Crippen MR) is 63.2 cm³/mol. The fraction of sp³-hybridized carbons (Fsp3) is 0.385. The highest BCUT2D eigenvalue weighted by molar-refractivity contribution is 6.23. The number of nitrogens with zero attached hydrogens (tertiary/aromatic N) is 1. The van der Waals surface area contributed by atoms with Crippen molar-refractivity contribution in [2.75, 3.05) is 7.05 Å². The third-order valence-corrected chi connectivity index (χ3v) is 2.84. The fourth-order valence-corrected chi connectivity index (χ4v) is 1.61.